The molecule has 0 unspecified atom stereocenters. The smallest absolute Gasteiger partial charge is 0.262 e. The quantitative estimate of drug-likeness (QED) is 0.336. The molecule has 2 amide bonds. The summed E-state index contributed by atoms with van der Waals surface area (Å²) in [5.74, 6) is 0.449. The van der Waals surface area contributed by atoms with Gasteiger partial charge in [0.1, 0.15) is 5.82 Å². The minimum atomic E-state index is -0.271. The third kappa shape index (κ3) is 3.34. The highest BCUT2D eigenvalue weighted by atomic mass is 32.2. The van der Waals surface area contributed by atoms with Crippen LogP contribution in [0.2, 0.25) is 0 Å². The summed E-state index contributed by atoms with van der Waals surface area (Å²) >= 11 is 3.00. The number of nitrogens with zero attached hydrogens (tertiary/aromatic N) is 4. The lowest BCUT2D eigenvalue weighted by Crippen LogP contribution is -2.29. The first-order valence-corrected chi connectivity index (χ1v) is 11.2. The van der Waals surface area contributed by atoms with Gasteiger partial charge in [-0.05, 0) is 35.7 Å². The molecule has 0 saturated heterocycles. The first-order chi connectivity index (χ1) is 14.7. The number of thioether (sulfide) groups is 1. The molecule has 8 heteroatoms. The number of carbonyl (C=O) groups is 2. The molecule has 2 aromatic carbocycles. The van der Waals surface area contributed by atoms with E-state index < -0.39 is 0 Å². The SMILES string of the molecule is O=C1c2ccccc2C(=O)N1CSc1nnc(Cc2cccs2)n1-c1ccccc1. The van der Waals surface area contributed by atoms with Gasteiger partial charge in [0, 0.05) is 17.0 Å². The zero-order valence-electron chi connectivity index (χ0n) is 15.8. The number of carbonyl (C=O) groups excluding carboxylic acids is 2. The minimum Gasteiger partial charge on any atom is -0.274 e. The molecule has 2 aromatic heterocycles. The molecule has 1 aliphatic heterocycles. The van der Waals surface area contributed by atoms with E-state index in [9.17, 15) is 9.59 Å². The Balaban J connectivity index is 1.43. The summed E-state index contributed by atoms with van der Waals surface area (Å²) in [7, 11) is 0. The standard InChI is InChI=1S/C22H16N4O2S2/c27-20-17-10-4-5-11-18(17)21(28)25(20)14-30-22-24-23-19(13-16-9-6-12-29-16)26(22)15-7-2-1-3-8-15/h1-12H,13-14H2. The second kappa shape index (κ2) is 7.89. The lowest BCUT2D eigenvalue weighted by molar-refractivity contribution is 0.0684. The highest BCUT2D eigenvalue weighted by molar-refractivity contribution is 7.99. The van der Waals surface area contributed by atoms with Crippen LogP contribution in [-0.4, -0.2) is 37.4 Å². The van der Waals surface area contributed by atoms with Gasteiger partial charge in [0.15, 0.2) is 5.16 Å². The van der Waals surface area contributed by atoms with Crippen LogP contribution in [-0.2, 0) is 6.42 Å². The van der Waals surface area contributed by atoms with Crippen molar-refractivity contribution in [2.75, 3.05) is 5.88 Å². The van der Waals surface area contributed by atoms with Crippen LogP contribution in [0.3, 0.4) is 0 Å². The predicted octanol–water partition coefficient (Wildman–Crippen LogP) is 4.27. The van der Waals surface area contributed by atoms with Gasteiger partial charge in [-0.15, -0.1) is 21.5 Å². The van der Waals surface area contributed by atoms with Crippen molar-refractivity contribution in [1.82, 2.24) is 19.7 Å². The van der Waals surface area contributed by atoms with Gasteiger partial charge in [-0.1, -0.05) is 48.2 Å². The summed E-state index contributed by atoms with van der Waals surface area (Å²) in [5.41, 5.74) is 1.84. The lowest BCUT2D eigenvalue weighted by atomic mass is 10.1. The Bertz CT molecular complexity index is 1180. The molecule has 0 saturated carbocycles. The molecule has 3 heterocycles. The average Bonchev–Trinajstić information content (AvgIpc) is 3.49. The van der Waals surface area contributed by atoms with Crippen LogP contribution >= 0.6 is 23.1 Å². The van der Waals surface area contributed by atoms with E-state index in [4.69, 9.17) is 0 Å². The fourth-order valence-corrected chi connectivity index (χ4v) is 5.01. The fraction of sp³-hybridized carbons (Fsp3) is 0.0909. The molecule has 0 fully saturated rings. The first-order valence-electron chi connectivity index (χ1n) is 9.32. The maximum absolute atomic E-state index is 12.7. The predicted molar refractivity (Wildman–Crippen MR) is 116 cm³/mol. The molecular formula is C22H16N4O2S2. The minimum absolute atomic E-state index is 0.177. The van der Waals surface area contributed by atoms with Crippen molar-refractivity contribution in [2.24, 2.45) is 0 Å². The van der Waals surface area contributed by atoms with Crippen molar-refractivity contribution in [3.63, 3.8) is 0 Å². The van der Waals surface area contributed by atoms with Crippen molar-refractivity contribution in [2.45, 2.75) is 11.6 Å². The van der Waals surface area contributed by atoms with Gasteiger partial charge in [0.25, 0.3) is 11.8 Å². The Morgan fingerprint density at radius 2 is 1.53 bits per heavy atom. The number of rotatable bonds is 6. The Hall–Kier alpha value is -3.23. The van der Waals surface area contributed by atoms with E-state index >= 15 is 0 Å². The number of para-hydroxylation sites is 1. The molecule has 0 N–H and O–H groups in total. The molecule has 148 valence electrons. The van der Waals surface area contributed by atoms with Crippen molar-refractivity contribution >= 4 is 34.9 Å². The Kier molecular flexibility index (Phi) is 4.94. The molecule has 4 aromatic rings. The topological polar surface area (TPSA) is 68.1 Å². The highest BCUT2D eigenvalue weighted by Crippen LogP contribution is 2.29. The highest BCUT2D eigenvalue weighted by Gasteiger charge is 2.35. The molecule has 30 heavy (non-hydrogen) atoms. The van der Waals surface area contributed by atoms with Gasteiger partial charge < -0.3 is 0 Å². The Morgan fingerprint density at radius 1 is 0.833 bits per heavy atom. The lowest BCUT2D eigenvalue weighted by Gasteiger charge is -2.14. The van der Waals surface area contributed by atoms with Crippen LogP contribution in [0.5, 0.6) is 0 Å². The van der Waals surface area contributed by atoms with Crippen LogP contribution in [0.4, 0.5) is 0 Å². The molecule has 0 bridgehead atoms. The summed E-state index contributed by atoms with van der Waals surface area (Å²) in [4.78, 5) is 27.8. The Morgan fingerprint density at radius 3 is 2.20 bits per heavy atom. The number of hydrogen-bond acceptors (Lipinski definition) is 6. The fourth-order valence-electron chi connectivity index (χ4n) is 3.39. The van der Waals surface area contributed by atoms with E-state index in [0.717, 1.165) is 11.5 Å². The van der Waals surface area contributed by atoms with Crippen LogP contribution in [0, 0.1) is 0 Å². The van der Waals surface area contributed by atoms with Gasteiger partial charge >= 0.3 is 0 Å². The number of imide groups is 1. The van der Waals surface area contributed by atoms with Crippen LogP contribution in [0.25, 0.3) is 5.69 Å². The number of thiophene rings is 1. The van der Waals surface area contributed by atoms with E-state index in [1.807, 2.05) is 46.3 Å². The van der Waals surface area contributed by atoms with Gasteiger partial charge in [0.05, 0.1) is 17.0 Å². The molecule has 6 nitrogen and oxygen atoms in total. The van der Waals surface area contributed by atoms with Crippen molar-refractivity contribution in [3.05, 3.63) is 93.9 Å². The molecule has 0 aliphatic carbocycles. The van der Waals surface area contributed by atoms with Crippen LogP contribution < -0.4 is 0 Å². The number of hydrogen-bond donors (Lipinski definition) is 0. The van der Waals surface area contributed by atoms with E-state index in [1.165, 1.54) is 21.5 Å². The average molecular weight is 433 g/mol. The van der Waals surface area contributed by atoms with Crippen molar-refractivity contribution in [3.8, 4) is 5.69 Å². The molecule has 0 radical (unpaired) electrons. The van der Waals surface area contributed by atoms with E-state index in [1.54, 1.807) is 35.6 Å². The number of benzene rings is 2. The van der Waals surface area contributed by atoms with Gasteiger partial charge in [-0.2, -0.15) is 0 Å². The summed E-state index contributed by atoms with van der Waals surface area (Å²) < 4.78 is 1.99. The zero-order valence-corrected chi connectivity index (χ0v) is 17.4. The first kappa shape index (κ1) is 18.8. The van der Waals surface area contributed by atoms with E-state index in [0.29, 0.717) is 22.7 Å². The second-order valence-corrected chi connectivity index (χ2v) is 8.63. The zero-order chi connectivity index (χ0) is 20.5. The largest absolute Gasteiger partial charge is 0.274 e. The monoisotopic (exact) mass is 432 g/mol. The maximum Gasteiger partial charge on any atom is 0.262 e. The van der Waals surface area contributed by atoms with Crippen LogP contribution in [0.15, 0.2) is 77.3 Å². The molecule has 0 atom stereocenters. The van der Waals surface area contributed by atoms with E-state index in [2.05, 4.69) is 16.3 Å². The molecular weight excluding hydrogens is 416 g/mol. The van der Waals surface area contributed by atoms with E-state index in [-0.39, 0.29) is 17.7 Å². The number of amides is 2. The Labute approximate surface area is 181 Å². The molecule has 1 aliphatic rings. The number of aromatic nitrogens is 3. The summed E-state index contributed by atoms with van der Waals surface area (Å²) in [6.07, 6.45) is 0.660. The summed E-state index contributed by atoms with van der Waals surface area (Å²) in [6.45, 7) is 0. The summed E-state index contributed by atoms with van der Waals surface area (Å²) in [6, 6.07) is 20.9. The van der Waals surface area contributed by atoms with Gasteiger partial charge in [-0.3, -0.25) is 19.1 Å². The van der Waals surface area contributed by atoms with Crippen LogP contribution in [0.1, 0.15) is 31.4 Å². The summed E-state index contributed by atoms with van der Waals surface area (Å²) in [5, 5.41) is 11.4. The third-order valence-electron chi connectivity index (χ3n) is 4.83. The van der Waals surface area contributed by atoms with Crippen molar-refractivity contribution < 1.29 is 9.59 Å². The maximum atomic E-state index is 12.7. The molecule has 0 spiro atoms. The van der Waals surface area contributed by atoms with Gasteiger partial charge in [-0.25, -0.2) is 0 Å². The van der Waals surface area contributed by atoms with Gasteiger partial charge in [0.2, 0.25) is 0 Å². The molecule has 5 rings (SSSR count). The normalized spacial score (nSPS) is 13.1. The third-order valence-corrected chi connectivity index (χ3v) is 6.61. The second-order valence-electron chi connectivity index (χ2n) is 6.68. The number of fused-ring (bicyclic) bond motifs is 1. The van der Waals surface area contributed by atoms with Crippen molar-refractivity contribution in [1.29, 1.82) is 0 Å².